The largest absolute Gasteiger partial charge is 0.497 e. The summed E-state index contributed by atoms with van der Waals surface area (Å²) < 4.78 is 5.09. The van der Waals surface area contributed by atoms with Gasteiger partial charge in [0.15, 0.2) is 0 Å². The third kappa shape index (κ3) is 3.97. The first kappa shape index (κ1) is 17.4. The van der Waals surface area contributed by atoms with Crippen molar-refractivity contribution in [2.75, 3.05) is 7.11 Å². The Hall–Kier alpha value is -3.41. The third-order valence-corrected chi connectivity index (χ3v) is 4.05. The topological polar surface area (TPSA) is 88.5 Å². The molecule has 26 heavy (non-hydrogen) atoms. The quantitative estimate of drug-likeness (QED) is 0.713. The number of carbonyl (C=O) groups excluding carboxylic acids is 1. The number of carbonyl (C=O) groups is 2. The van der Waals surface area contributed by atoms with Gasteiger partial charge in [0.1, 0.15) is 11.8 Å². The van der Waals surface area contributed by atoms with Gasteiger partial charge in [0.05, 0.1) is 18.2 Å². The molecule has 1 atom stereocenters. The molecule has 2 N–H and O–H groups in total. The van der Waals surface area contributed by atoms with Crippen molar-refractivity contribution in [2.45, 2.75) is 12.5 Å². The van der Waals surface area contributed by atoms with Crippen LogP contribution in [0.2, 0.25) is 0 Å². The molecule has 6 nitrogen and oxygen atoms in total. The van der Waals surface area contributed by atoms with E-state index in [9.17, 15) is 14.7 Å². The first-order chi connectivity index (χ1) is 12.6. The molecular weight excluding hydrogens is 332 g/mol. The zero-order valence-electron chi connectivity index (χ0n) is 14.2. The Morgan fingerprint density at radius 2 is 1.88 bits per heavy atom. The van der Waals surface area contributed by atoms with Crippen molar-refractivity contribution in [3.05, 3.63) is 71.9 Å². The monoisotopic (exact) mass is 350 g/mol. The predicted octanol–water partition coefficient (Wildman–Crippen LogP) is 2.67. The van der Waals surface area contributed by atoms with E-state index in [1.165, 1.54) is 6.20 Å². The molecule has 0 fully saturated rings. The molecule has 0 saturated carbocycles. The van der Waals surface area contributed by atoms with Crippen molar-refractivity contribution >= 4 is 22.8 Å². The van der Waals surface area contributed by atoms with E-state index in [4.69, 9.17) is 4.74 Å². The number of rotatable bonds is 6. The number of benzene rings is 2. The number of aliphatic carboxylic acids is 1. The van der Waals surface area contributed by atoms with Crippen LogP contribution in [0.3, 0.4) is 0 Å². The highest BCUT2D eigenvalue weighted by Gasteiger charge is 2.21. The standard InChI is InChI=1S/C20H18N2O4/c1-26-16-8-6-13(7-9-16)10-18(20(24)25)22-19(23)15-11-14-4-2-3-5-17(14)21-12-15/h2-9,11-12,18H,10H2,1H3,(H,22,23)(H,24,25)/t18-/m1/s1. The van der Waals surface area contributed by atoms with Crippen molar-refractivity contribution in [2.24, 2.45) is 0 Å². The molecule has 0 aliphatic rings. The number of fused-ring (bicyclic) bond motifs is 1. The Labute approximate surface area is 150 Å². The van der Waals surface area contributed by atoms with Gasteiger partial charge in [0.2, 0.25) is 0 Å². The first-order valence-electron chi connectivity index (χ1n) is 8.08. The minimum absolute atomic E-state index is 0.173. The van der Waals surface area contributed by atoms with E-state index in [-0.39, 0.29) is 6.42 Å². The fraction of sp³-hybridized carbons (Fsp3) is 0.150. The zero-order chi connectivity index (χ0) is 18.5. The lowest BCUT2D eigenvalue weighted by molar-refractivity contribution is -0.139. The lowest BCUT2D eigenvalue weighted by Gasteiger charge is -2.15. The molecule has 0 aliphatic carbocycles. The third-order valence-electron chi connectivity index (χ3n) is 4.05. The summed E-state index contributed by atoms with van der Waals surface area (Å²) in [7, 11) is 1.56. The molecule has 1 aromatic heterocycles. The van der Waals surface area contributed by atoms with Crippen LogP contribution in [0, 0.1) is 0 Å². The average molecular weight is 350 g/mol. The van der Waals surface area contributed by atoms with Gasteiger partial charge in [-0.15, -0.1) is 0 Å². The van der Waals surface area contributed by atoms with E-state index in [0.29, 0.717) is 11.3 Å². The maximum Gasteiger partial charge on any atom is 0.326 e. The number of nitrogens with one attached hydrogen (secondary N) is 1. The van der Waals surface area contributed by atoms with E-state index < -0.39 is 17.9 Å². The number of methoxy groups -OCH3 is 1. The summed E-state index contributed by atoms with van der Waals surface area (Å²) in [6, 6.07) is 15.1. The van der Waals surface area contributed by atoms with E-state index in [2.05, 4.69) is 10.3 Å². The highest BCUT2D eigenvalue weighted by atomic mass is 16.5. The second kappa shape index (κ2) is 7.65. The molecule has 0 radical (unpaired) electrons. The number of aromatic nitrogens is 1. The predicted molar refractivity (Wildman–Crippen MR) is 97.3 cm³/mol. The Morgan fingerprint density at radius 3 is 2.58 bits per heavy atom. The Balaban J connectivity index is 1.75. The van der Waals surface area contributed by atoms with Crippen LogP contribution in [-0.2, 0) is 11.2 Å². The maximum absolute atomic E-state index is 12.5. The van der Waals surface area contributed by atoms with Gasteiger partial charge in [-0.2, -0.15) is 0 Å². The number of hydrogen-bond donors (Lipinski definition) is 2. The summed E-state index contributed by atoms with van der Waals surface area (Å²) in [4.78, 5) is 28.2. The second-order valence-electron chi connectivity index (χ2n) is 5.83. The van der Waals surface area contributed by atoms with Gasteiger partial charge in [-0.05, 0) is 29.8 Å². The number of amides is 1. The molecule has 0 spiro atoms. The molecule has 0 bridgehead atoms. The van der Waals surface area contributed by atoms with Crippen molar-refractivity contribution < 1.29 is 19.4 Å². The molecule has 0 saturated heterocycles. The summed E-state index contributed by atoms with van der Waals surface area (Å²) in [5.41, 5.74) is 1.89. The first-order valence-corrected chi connectivity index (χ1v) is 8.08. The van der Waals surface area contributed by atoms with Gasteiger partial charge in [0.25, 0.3) is 5.91 Å². The van der Waals surface area contributed by atoms with E-state index in [1.54, 1.807) is 37.4 Å². The van der Waals surface area contributed by atoms with Crippen molar-refractivity contribution in [3.8, 4) is 5.75 Å². The minimum Gasteiger partial charge on any atom is -0.497 e. The van der Waals surface area contributed by atoms with Gasteiger partial charge in [-0.1, -0.05) is 30.3 Å². The van der Waals surface area contributed by atoms with Gasteiger partial charge >= 0.3 is 5.97 Å². The Kier molecular flexibility index (Phi) is 5.12. The molecule has 0 unspecified atom stereocenters. The molecule has 3 rings (SSSR count). The van der Waals surface area contributed by atoms with E-state index in [1.807, 2.05) is 24.3 Å². The molecule has 6 heteroatoms. The number of ether oxygens (including phenoxy) is 1. The van der Waals surface area contributed by atoms with Gasteiger partial charge in [-0.25, -0.2) is 4.79 Å². The average Bonchev–Trinajstić information content (AvgIpc) is 2.67. The minimum atomic E-state index is -1.09. The maximum atomic E-state index is 12.5. The lowest BCUT2D eigenvalue weighted by atomic mass is 10.1. The van der Waals surface area contributed by atoms with Crippen molar-refractivity contribution in [1.29, 1.82) is 0 Å². The van der Waals surface area contributed by atoms with Crippen LogP contribution in [0.4, 0.5) is 0 Å². The number of pyridine rings is 1. The highest BCUT2D eigenvalue weighted by molar-refractivity contribution is 5.99. The molecular formula is C20H18N2O4. The lowest BCUT2D eigenvalue weighted by Crippen LogP contribution is -2.42. The van der Waals surface area contributed by atoms with E-state index in [0.717, 1.165) is 16.5 Å². The summed E-state index contributed by atoms with van der Waals surface area (Å²) in [6.45, 7) is 0. The van der Waals surface area contributed by atoms with Crippen LogP contribution in [-0.4, -0.2) is 35.1 Å². The Morgan fingerprint density at radius 1 is 1.15 bits per heavy atom. The molecule has 132 valence electrons. The van der Waals surface area contributed by atoms with Crippen LogP contribution in [0.25, 0.3) is 10.9 Å². The Bertz CT molecular complexity index is 938. The number of para-hydroxylation sites is 1. The summed E-state index contributed by atoms with van der Waals surface area (Å²) in [6.07, 6.45) is 1.62. The fourth-order valence-corrected chi connectivity index (χ4v) is 2.63. The molecule has 0 aliphatic heterocycles. The van der Waals surface area contributed by atoms with Gasteiger partial charge in [0, 0.05) is 18.0 Å². The van der Waals surface area contributed by atoms with Crippen LogP contribution in [0.15, 0.2) is 60.8 Å². The van der Waals surface area contributed by atoms with Crippen LogP contribution in [0.1, 0.15) is 15.9 Å². The van der Waals surface area contributed by atoms with Gasteiger partial charge in [-0.3, -0.25) is 9.78 Å². The van der Waals surface area contributed by atoms with Crippen molar-refractivity contribution in [1.82, 2.24) is 10.3 Å². The fourth-order valence-electron chi connectivity index (χ4n) is 2.63. The smallest absolute Gasteiger partial charge is 0.326 e. The normalized spacial score (nSPS) is 11.7. The highest BCUT2D eigenvalue weighted by Crippen LogP contribution is 2.15. The molecule has 2 aromatic carbocycles. The summed E-state index contributed by atoms with van der Waals surface area (Å²) >= 11 is 0. The molecule has 1 amide bonds. The number of carboxylic acids is 1. The number of hydrogen-bond acceptors (Lipinski definition) is 4. The zero-order valence-corrected chi connectivity index (χ0v) is 14.2. The van der Waals surface area contributed by atoms with Crippen LogP contribution >= 0.6 is 0 Å². The SMILES string of the molecule is COc1ccc(C[C@@H](NC(=O)c2cnc3ccccc3c2)C(=O)O)cc1. The van der Waals surface area contributed by atoms with Crippen molar-refractivity contribution in [3.63, 3.8) is 0 Å². The summed E-state index contributed by atoms with van der Waals surface area (Å²) in [5, 5.41) is 12.8. The number of carboxylic acid groups (broad SMARTS) is 1. The second-order valence-corrected chi connectivity index (χ2v) is 5.83. The van der Waals surface area contributed by atoms with Crippen LogP contribution in [0.5, 0.6) is 5.75 Å². The number of nitrogens with zero attached hydrogens (tertiary/aromatic N) is 1. The van der Waals surface area contributed by atoms with Crippen LogP contribution < -0.4 is 10.1 Å². The van der Waals surface area contributed by atoms with E-state index >= 15 is 0 Å². The molecule has 3 aromatic rings. The van der Waals surface area contributed by atoms with Gasteiger partial charge < -0.3 is 15.2 Å². The summed E-state index contributed by atoms with van der Waals surface area (Å²) in [5.74, 6) is -0.876. The molecule has 1 heterocycles.